The van der Waals surface area contributed by atoms with E-state index in [4.69, 9.17) is 4.74 Å². The Morgan fingerprint density at radius 1 is 0.711 bits per heavy atom. The fourth-order valence-electron chi connectivity index (χ4n) is 8.08. The van der Waals surface area contributed by atoms with Crippen molar-refractivity contribution < 1.29 is 22.3 Å². The molecular weight excluding hydrogens is 488 g/mol. The van der Waals surface area contributed by atoms with Crippen LogP contribution in [-0.4, -0.2) is 18.9 Å². The number of allylic oxidation sites excluding steroid dienone is 4. The summed E-state index contributed by atoms with van der Waals surface area (Å²) < 4.78 is 57.5. The Labute approximate surface area is 229 Å². The molecule has 1 heterocycles. The number of hydrogen-bond acceptors (Lipinski definition) is 1. The molecule has 0 bridgehead atoms. The fraction of sp³-hybridized carbons (Fsp3) is 0.879. The highest BCUT2D eigenvalue weighted by Crippen LogP contribution is 2.44. The normalized spacial score (nSPS) is 38.0. The van der Waals surface area contributed by atoms with Gasteiger partial charge in [0.25, 0.3) is 0 Å². The van der Waals surface area contributed by atoms with Crippen LogP contribution in [0.5, 0.6) is 0 Å². The van der Waals surface area contributed by atoms with Crippen LogP contribution in [0.15, 0.2) is 24.1 Å². The highest BCUT2D eigenvalue weighted by Gasteiger charge is 2.35. The molecular formula is C33H52F4O. The van der Waals surface area contributed by atoms with Gasteiger partial charge in [0.05, 0.1) is 12.2 Å². The van der Waals surface area contributed by atoms with Gasteiger partial charge in [-0.2, -0.15) is 13.2 Å². The summed E-state index contributed by atoms with van der Waals surface area (Å²) >= 11 is 0. The molecule has 0 aromatic carbocycles. The number of unbranched alkanes of at least 4 members (excludes halogenated alkanes) is 2. The SMILES string of the molecule is CCCCCC1CCC(C2CCC(C3CCC(/C=C/C4CCC(/C(F)=C/C(F)(F)F)CC4)CC3)CC2)OC1. The van der Waals surface area contributed by atoms with Gasteiger partial charge in [-0.25, -0.2) is 4.39 Å². The van der Waals surface area contributed by atoms with Crippen molar-refractivity contribution in [3.8, 4) is 0 Å². The predicted molar refractivity (Wildman–Crippen MR) is 147 cm³/mol. The summed E-state index contributed by atoms with van der Waals surface area (Å²) in [5.41, 5.74) is 0. The highest BCUT2D eigenvalue weighted by molar-refractivity contribution is 5.05. The van der Waals surface area contributed by atoms with Crippen LogP contribution >= 0.6 is 0 Å². The van der Waals surface area contributed by atoms with E-state index in [-0.39, 0.29) is 6.08 Å². The van der Waals surface area contributed by atoms with Crippen LogP contribution in [-0.2, 0) is 4.74 Å². The minimum Gasteiger partial charge on any atom is -0.378 e. The largest absolute Gasteiger partial charge is 0.412 e. The molecule has 0 radical (unpaired) electrons. The van der Waals surface area contributed by atoms with Crippen molar-refractivity contribution in [2.45, 2.75) is 135 Å². The summed E-state index contributed by atoms with van der Waals surface area (Å²) in [6.45, 7) is 3.28. The zero-order valence-corrected chi connectivity index (χ0v) is 23.7. The average molecular weight is 541 g/mol. The Bertz CT molecular complexity index is 727. The molecule has 2 atom stereocenters. The third kappa shape index (κ3) is 9.37. The van der Waals surface area contributed by atoms with Crippen molar-refractivity contribution in [3.63, 3.8) is 0 Å². The van der Waals surface area contributed by atoms with Gasteiger partial charge in [0.2, 0.25) is 0 Å². The van der Waals surface area contributed by atoms with Crippen molar-refractivity contribution in [3.05, 3.63) is 24.1 Å². The first-order chi connectivity index (χ1) is 18.3. The van der Waals surface area contributed by atoms with Crippen LogP contribution in [0.1, 0.15) is 122 Å². The van der Waals surface area contributed by atoms with E-state index in [2.05, 4.69) is 19.1 Å². The molecule has 0 amide bonds. The van der Waals surface area contributed by atoms with Crippen LogP contribution in [0.4, 0.5) is 17.6 Å². The molecule has 0 aromatic heterocycles. The maximum Gasteiger partial charge on any atom is 0.412 e. The molecule has 4 rings (SSSR count). The second-order valence-corrected chi connectivity index (χ2v) is 13.2. The maximum atomic E-state index is 13.9. The van der Waals surface area contributed by atoms with Crippen molar-refractivity contribution >= 4 is 0 Å². The first kappa shape index (κ1) is 30.1. The lowest BCUT2D eigenvalue weighted by Crippen LogP contribution is -2.35. The van der Waals surface area contributed by atoms with E-state index >= 15 is 0 Å². The molecule has 2 unspecified atom stereocenters. The van der Waals surface area contributed by atoms with E-state index < -0.39 is 17.9 Å². The Morgan fingerprint density at radius 3 is 1.79 bits per heavy atom. The van der Waals surface area contributed by atoms with E-state index in [0.717, 1.165) is 43.1 Å². The molecule has 218 valence electrons. The molecule has 1 aliphatic heterocycles. The fourth-order valence-corrected chi connectivity index (χ4v) is 8.08. The molecule has 3 aliphatic carbocycles. The third-order valence-corrected chi connectivity index (χ3v) is 10.6. The summed E-state index contributed by atoms with van der Waals surface area (Å²) in [7, 11) is 0. The summed E-state index contributed by atoms with van der Waals surface area (Å²) in [4.78, 5) is 0. The van der Waals surface area contributed by atoms with E-state index in [0.29, 0.717) is 30.8 Å². The molecule has 0 N–H and O–H groups in total. The standard InChI is InChI=1S/C33H52F4O/c1-2-3-4-5-26-12-21-32(38-23-26)30-19-17-28(18-20-30)27-13-8-24(9-14-27)6-7-25-10-15-29(16-11-25)31(34)22-33(35,36)37/h6-7,22,24-30,32H,2-5,8-21,23H2,1H3/b7-6+,31-22-. The van der Waals surface area contributed by atoms with Crippen molar-refractivity contribution in [1.29, 1.82) is 0 Å². The highest BCUT2D eigenvalue weighted by atomic mass is 19.4. The van der Waals surface area contributed by atoms with Crippen LogP contribution in [0.25, 0.3) is 0 Å². The lowest BCUT2D eigenvalue weighted by molar-refractivity contribution is -0.0821. The minimum atomic E-state index is -4.56. The molecule has 0 spiro atoms. The summed E-state index contributed by atoms with van der Waals surface area (Å²) in [5, 5.41) is 0. The average Bonchev–Trinajstić information content (AvgIpc) is 2.92. The molecule has 1 saturated heterocycles. The first-order valence-corrected chi connectivity index (χ1v) is 16.1. The Kier molecular flexibility index (Phi) is 11.6. The smallest absolute Gasteiger partial charge is 0.378 e. The number of alkyl halides is 3. The predicted octanol–water partition coefficient (Wildman–Crippen LogP) is 10.8. The summed E-state index contributed by atoms with van der Waals surface area (Å²) in [6.07, 6.45) is 21.9. The van der Waals surface area contributed by atoms with E-state index in [1.54, 1.807) is 0 Å². The van der Waals surface area contributed by atoms with E-state index in [9.17, 15) is 17.6 Å². The van der Waals surface area contributed by atoms with Gasteiger partial charge in [-0.15, -0.1) is 0 Å². The second-order valence-electron chi connectivity index (χ2n) is 13.2. The molecule has 5 heteroatoms. The van der Waals surface area contributed by atoms with Crippen LogP contribution in [0.2, 0.25) is 0 Å². The van der Waals surface area contributed by atoms with Gasteiger partial charge in [-0.05, 0) is 132 Å². The first-order valence-electron chi connectivity index (χ1n) is 16.1. The minimum absolute atomic E-state index is 0.146. The molecule has 4 fully saturated rings. The zero-order valence-electron chi connectivity index (χ0n) is 23.7. The van der Waals surface area contributed by atoms with Crippen molar-refractivity contribution in [1.82, 2.24) is 0 Å². The van der Waals surface area contributed by atoms with Gasteiger partial charge in [-0.3, -0.25) is 0 Å². The van der Waals surface area contributed by atoms with Gasteiger partial charge < -0.3 is 4.74 Å². The molecule has 3 saturated carbocycles. The van der Waals surface area contributed by atoms with Gasteiger partial charge >= 0.3 is 6.18 Å². The van der Waals surface area contributed by atoms with Gasteiger partial charge in [0.15, 0.2) is 0 Å². The van der Waals surface area contributed by atoms with Crippen LogP contribution < -0.4 is 0 Å². The molecule has 4 aliphatic rings. The van der Waals surface area contributed by atoms with Gasteiger partial charge in [0, 0.05) is 12.5 Å². The lowest BCUT2D eigenvalue weighted by atomic mass is 9.68. The number of hydrogen-bond donors (Lipinski definition) is 0. The van der Waals surface area contributed by atoms with Gasteiger partial charge in [-0.1, -0.05) is 38.3 Å². The maximum absolute atomic E-state index is 13.9. The lowest BCUT2D eigenvalue weighted by Gasteiger charge is -2.41. The van der Waals surface area contributed by atoms with E-state index in [1.165, 1.54) is 89.9 Å². The molecule has 0 aromatic rings. The number of halogens is 4. The van der Waals surface area contributed by atoms with Crippen molar-refractivity contribution in [2.24, 2.45) is 41.4 Å². The van der Waals surface area contributed by atoms with Crippen molar-refractivity contribution in [2.75, 3.05) is 6.61 Å². The monoisotopic (exact) mass is 540 g/mol. The summed E-state index contributed by atoms with van der Waals surface area (Å²) in [6, 6.07) is 0. The Morgan fingerprint density at radius 2 is 1.26 bits per heavy atom. The third-order valence-electron chi connectivity index (χ3n) is 10.6. The number of rotatable bonds is 9. The topological polar surface area (TPSA) is 9.23 Å². The van der Waals surface area contributed by atoms with Gasteiger partial charge in [0.1, 0.15) is 5.83 Å². The zero-order chi connectivity index (χ0) is 27.0. The Balaban J connectivity index is 1.10. The molecule has 1 nitrogen and oxygen atoms in total. The molecule has 38 heavy (non-hydrogen) atoms. The number of ether oxygens (including phenoxy) is 1. The quantitative estimate of drug-likeness (QED) is 0.161. The van der Waals surface area contributed by atoms with Crippen LogP contribution in [0, 0.1) is 41.4 Å². The summed E-state index contributed by atoms with van der Waals surface area (Å²) in [5.74, 6) is 2.88. The van der Waals surface area contributed by atoms with E-state index in [1.807, 2.05) is 0 Å². The Hall–Kier alpha value is -0.840. The van der Waals surface area contributed by atoms with Crippen LogP contribution in [0.3, 0.4) is 0 Å². The second kappa shape index (κ2) is 14.7.